The first kappa shape index (κ1) is 23.4. The molecule has 30 heavy (non-hydrogen) atoms. The zero-order valence-electron chi connectivity index (χ0n) is 19.2. The summed E-state index contributed by atoms with van der Waals surface area (Å²) in [6, 6.07) is 14.7. The standard InChI is InChI=1S/C24H36N4O2/c1-7-25-24(26-16-14-19-8-11-21(12-9-19)27(2)3)28(4)17-15-20-10-13-22(29-5)23(18-20)30-6/h8-13,18H,7,14-17H2,1-6H3,(H,25,26). The number of hydrogen-bond acceptors (Lipinski definition) is 4. The molecule has 0 bridgehead atoms. The molecule has 1 N–H and O–H groups in total. The van der Waals surface area contributed by atoms with Gasteiger partial charge in [0, 0.05) is 46.5 Å². The highest BCUT2D eigenvalue weighted by atomic mass is 16.5. The monoisotopic (exact) mass is 412 g/mol. The number of methoxy groups -OCH3 is 2. The summed E-state index contributed by atoms with van der Waals surface area (Å²) in [7, 11) is 9.51. The summed E-state index contributed by atoms with van der Waals surface area (Å²) in [5.74, 6) is 2.45. The van der Waals surface area contributed by atoms with Gasteiger partial charge in [0.05, 0.1) is 14.2 Å². The molecule has 164 valence electrons. The lowest BCUT2D eigenvalue weighted by Gasteiger charge is -2.22. The molecule has 2 aromatic rings. The van der Waals surface area contributed by atoms with Crippen LogP contribution in [-0.4, -0.2) is 65.9 Å². The van der Waals surface area contributed by atoms with Crippen LogP contribution in [0.15, 0.2) is 47.5 Å². The number of likely N-dealkylation sites (N-methyl/N-ethyl adjacent to an activating group) is 1. The minimum atomic E-state index is 0.753. The Labute approximate surface area is 181 Å². The fourth-order valence-corrected chi connectivity index (χ4v) is 3.16. The molecule has 2 rings (SSSR count). The van der Waals surface area contributed by atoms with Crippen LogP contribution >= 0.6 is 0 Å². The summed E-state index contributed by atoms with van der Waals surface area (Å²) >= 11 is 0. The van der Waals surface area contributed by atoms with Gasteiger partial charge in [-0.2, -0.15) is 0 Å². The first-order chi connectivity index (χ1) is 14.5. The second-order valence-electron chi connectivity index (χ2n) is 7.41. The normalized spacial score (nSPS) is 11.2. The summed E-state index contributed by atoms with van der Waals surface area (Å²) in [6.07, 6.45) is 1.82. The van der Waals surface area contributed by atoms with Gasteiger partial charge in [0.15, 0.2) is 17.5 Å². The van der Waals surface area contributed by atoms with Crippen molar-refractivity contribution in [1.82, 2.24) is 10.2 Å². The van der Waals surface area contributed by atoms with E-state index in [1.807, 2.05) is 12.1 Å². The summed E-state index contributed by atoms with van der Waals surface area (Å²) in [6.45, 7) is 4.55. The number of ether oxygens (including phenoxy) is 2. The second-order valence-corrected chi connectivity index (χ2v) is 7.41. The minimum Gasteiger partial charge on any atom is -0.493 e. The lowest BCUT2D eigenvalue weighted by Crippen LogP contribution is -2.40. The van der Waals surface area contributed by atoms with Crippen molar-refractivity contribution >= 4 is 11.6 Å². The molecule has 0 spiro atoms. The van der Waals surface area contributed by atoms with Crippen LogP contribution in [0.1, 0.15) is 18.1 Å². The van der Waals surface area contributed by atoms with Crippen molar-refractivity contribution in [2.45, 2.75) is 19.8 Å². The predicted molar refractivity (Wildman–Crippen MR) is 126 cm³/mol. The van der Waals surface area contributed by atoms with E-state index in [2.05, 4.69) is 73.5 Å². The van der Waals surface area contributed by atoms with Gasteiger partial charge in [-0.25, -0.2) is 0 Å². The highest BCUT2D eigenvalue weighted by molar-refractivity contribution is 5.79. The average molecular weight is 413 g/mol. The Hall–Kier alpha value is -2.89. The zero-order chi connectivity index (χ0) is 21.9. The molecule has 6 nitrogen and oxygen atoms in total. The van der Waals surface area contributed by atoms with Gasteiger partial charge in [0.2, 0.25) is 0 Å². The molecular formula is C24H36N4O2. The van der Waals surface area contributed by atoms with Gasteiger partial charge >= 0.3 is 0 Å². The SMILES string of the molecule is CCNC(=NCCc1ccc(N(C)C)cc1)N(C)CCc1ccc(OC)c(OC)c1. The Kier molecular flexibility index (Phi) is 9.32. The van der Waals surface area contributed by atoms with Crippen molar-refractivity contribution in [2.24, 2.45) is 4.99 Å². The van der Waals surface area contributed by atoms with E-state index >= 15 is 0 Å². The number of aliphatic imine (C=N–C) groups is 1. The Morgan fingerprint density at radius 3 is 2.17 bits per heavy atom. The summed E-state index contributed by atoms with van der Waals surface area (Å²) in [5.41, 5.74) is 3.72. The van der Waals surface area contributed by atoms with Crippen LogP contribution in [0.5, 0.6) is 11.5 Å². The van der Waals surface area contributed by atoms with Crippen molar-refractivity contribution in [2.75, 3.05) is 59.9 Å². The number of anilines is 1. The van der Waals surface area contributed by atoms with Crippen LogP contribution in [0.2, 0.25) is 0 Å². The summed E-state index contributed by atoms with van der Waals surface area (Å²) < 4.78 is 10.7. The third-order valence-corrected chi connectivity index (χ3v) is 5.00. The van der Waals surface area contributed by atoms with E-state index in [9.17, 15) is 0 Å². The molecule has 0 aromatic heterocycles. The van der Waals surface area contributed by atoms with E-state index in [0.29, 0.717) is 0 Å². The molecular weight excluding hydrogens is 376 g/mol. The van der Waals surface area contributed by atoms with Crippen molar-refractivity contribution in [1.29, 1.82) is 0 Å². The van der Waals surface area contributed by atoms with Crippen molar-refractivity contribution in [3.8, 4) is 11.5 Å². The number of nitrogens with zero attached hydrogens (tertiary/aromatic N) is 3. The maximum atomic E-state index is 5.41. The van der Waals surface area contributed by atoms with Crippen LogP contribution < -0.4 is 19.7 Å². The van der Waals surface area contributed by atoms with Crippen LogP contribution in [0.3, 0.4) is 0 Å². The van der Waals surface area contributed by atoms with Crippen LogP contribution in [0.25, 0.3) is 0 Å². The Morgan fingerprint density at radius 1 is 0.900 bits per heavy atom. The molecule has 2 aromatic carbocycles. The van der Waals surface area contributed by atoms with E-state index in [-0.39, 0.29) is 0 Å². The highest BCUT2D eigenvalue weighted by Gasteiger charge is 2.08. The molecule has 0 unspecified atom stereocenters. The quantitative estimate of drug-likeness (QED) is 0.478. The van der Waals surface area contributed by atoms with Crippen molar-refractivity contribution in [3.05, 3.63) is 53.6 Å². The van der Waals surface area contributed by atoms with Crippen LogP contribution in [0.4, 0.5) is 5.69 Å². The Morgan fingerprint density at radius 2 is 1.57 bits per heavy atom. The maximum absolute atomic E-state index is 5.41. The molecule has 0 fully saturated rings. The molecule has 0 aliphatic heterocycles. The van der Waals surface area contributed by atoms with Gasteiger partial charge in [-0.05, 0) is 55.2 Å². The van der Waals surface area contributed by atoms with E-state index < -0.39 is 0 Å². The van der Waals surface area contributed by atoms with E-state index in [1.165, 1.54) is 16.8 Å². The van der Waals surface area contributed by atoms with Crippen molar-refractivity contribution in [3.63, 3.8) is 0 Å². The summed E-state index contributed by atoms with van der Waals surface area (Å²) in [4.78, 5) is 9.10. The number of nitrogens with one attached hydrogen (secondary N) is 1. The van der Waals surface area contributed by atoms with Crippen LogP contribution in [-0.2, 0) is 12.8 Å². The van der Waals surface area contributed by atoms with Crippen molar-refractivity contribution < 1.29 is 9.47 Å². The fourth-order valence-electron chi connectivity index (χ4n) is 3.16. The molecule has 0 radical (unpaired) electrons. The van der Waals surface area contributed by atoms with Gasteiger partial charge in [-0.15, -0.1) is 0 Å². The number of rotatable bonds is 10. The molecule has 6 heteroatoms. The Balaban J connectivity index is 1.93. The van der Waals surface area contributed by atoms with E-state index in [1.54, 1.807) is 14.2 Å². The lowest BCUT2D eigenvalue weighted by atomic mass is 10.1. The van der Waals surface area contributed by atoms with Gasteiger partial charge < -0.3 is 24.6 Å². The smallest absolute Gasteiger partial charge is 0.193 e. The maximum Gasteiger partial charge on any atom is 0.193 e. The molecule has 0 saturated heterocycles. The van der Waals surface area contributed by atoms with E-state index in [4.69, 9.17) is 14.5 Å². The van der Waals surface area contributed by atoms with Gasteiger partial charge in [0.25, 0.3) is 0 Å². The molecule has 0 atom stereocenters. The number of benzene rings is 2. The van der Waals surface area contributed by atoms with Gasteiger partial charge in [-0.3, -0.25) is 4.99 Å². The minimum absolute atomic E-state index is 0.753. The first-order valence-corrected chi connectivity index (χ1v) is 10.4. The molecule has 0 aliphatic carbocycles. The Bertz CT molecular complexity index is 803. The lowest BCUT2D eigenvalue weighted by molar-refractivity contribution is 0.354. The topological polar surface area (TPSA) is 49.3 Å². The fraction of sp³-hybridized carbons (Fsp3) is 0.458. The summed E-state index contributed by atoms with van der Waals surface area (Å²) in [5, 5.41) is 3.39. The molecule has 0 aliphatic rings. The number of hydrogen-bond donors (Lipinski definition) is 1. The average Bonchev–Trinajstić information content (AvgIpc) is 2.76. The molecule has 0 heterocycles. The van der Waals surface area contributed by atoms with Gasteiger partial charge in [0.1, 0.15) is 0 Å². The molecule has 0 amide bonds. The van der Waals surface area contributed by atoms with E-state index in [0.717, 1.165) is 49.9 Å². The largest absolute Gasteiger partial charge is 0.493 e. The van der Waals surface area contributed by atoms with Crippen LogP contribution in [0, 0.1) is 0 Å². The third kappa shape index (κ3) is 6.87. The third-order valence-electron chi connectivity index (χ3n) is 5.00. The highest BCUT2D eigenvalue weighted by Crippen LogP contribution is 2.27. The zero-order valence-corrected chi connectivity index (χ0v) is 19.2. The van der Waals surface area contributed by atoms with Gasteiger partial charge in [-0.1, -0.05) is 18.2 Å². The first-order valence-electron chi connectivity index (χ1n) is 10.4. The number of guanidine groups is 1. The predicted octanol–water partition coefficient (Wildman–Crippen LogP) is 3.45. The second kappa shape index (κ2) is 12.0. The molecule has 0 saturated carbocycles.